The van der Waals surface area contributed by atoms with Gasteiger partial charge in [0.15, 0.2) is 0 Å². The molecule has 0 radical (unpaired) electrons. The Hall–Kier alpha value is -0.430. The molecule has 0 amide bonds. The summed E-state index contributed by atoms with van der Waals surface area (Å²) in [6.07, 6.45) is 0. The van der Waals surface area contributed by atoms with E-state index >= 15 is 0 Å². The average Bonchev–Trinajstić information content (AvgIpc) is 2.64. The highest BCUT2D eigenvalue weighted by atomic mass is 79.9. The molecule has 1 aromatic carbocycles. The second-order valence-electron chi connectivity index (χ2n) is 4.87. The number of nitrogens with zero attached hydrogens (tertiary/aromatic N) is 1. The van der Waals surface area contributed by atoms with Crippen LogP contribution in [-0.4, -0.2) is 31.9 Å². The summed E-state index contributed by atoms with van der Waals surface area (Å²) in [6, 6.07) is 5.01. The second-order valence-corrected chi connectivity index (χ2v) is 7.67. The smallest absolute Gasteiger partial charge is 0.243 e. The van der Waals surface area contributed by atoms with Crippen LogP contribution in [0.5, 0.6) is 0 Å². The van der Waals surface area contributed by atoms with Gasteiger partial charge >= 0.3 is 0 Å². The molecule has 1 fully saturated rings. The first-order valence-corrected chi connectivity index (χ1v) is 8.07. The van der Waals surface area contributed by atoms with Crippen molar-refractivity contribution in [3.05, 3.63) is 28.2 Å². The lowest BCUT2D eigenvalue weighted by molar-refractivity contribution is 0.464. The van der Waals surface area contributed by atoms with Crippen LogP contribution in [0.3, 0.4) is 0 Å². The fourth-order valence-corrected chi connectivity index (χ4v) is 3.98. The van der Waals surface area contributed by atoms with E-state index in [1.807, 2.05) is 13.8 Å². The third kappa shape index (κ3) is 2.47. The molecule has 2 rings (SSSR count). The summed E-state index contributed by atoms with van der Waals surface area (Å²) >= 11 is 3.37. The fourth-order valence-electron chi connectivity index (χ4n) is 2.07. The number of rotatable bonds is 2. The van der Waals surface area contributed by atoms with E-state index in [1.54, 1.807) is 18.2 Å². The third-order valence-corrected chi connectivity index (χ3v) is 6.12. The average molecular weight is 333 g/mol. The summed E-state index contributed by atoms with van der Waals surface area (Å²) in [5, 5.41) is 0. The van der Waals surface area contributed by atoms with Crippen molar-refractivity contribution < 1.29 is 8.42 Å². The summed E-state index contributed by atoms with van der Waals surface area (Å²) in [7, 11) is -3.41. The Morgan fingerprint density at radius 1 is 1.39 bits per heavy atom. The topological polar surface area (TPSA) is 63.4 Å². The van der Waals surface area contributed by atoms with Crippen LogP contribution < -0.4 is 5.73 Å². The molecule has 1 aromatic rings. The van der Waals surface area contributed by atoms with Gasteiger partial charge < -0.3 is 5.73 Å². The van der Waals surface area contributed by atoms with E-state index in [-0.39, 0.29) is 12.0 Å². The first-order chi connectivity index (χ1) is 8.32. The van der Waals surface area contributed by atoms with Gasteiger partial charge in [-0.15, -0.1) is 0 Å². The van der Waals surface area contributed by atoms with Crippen molar-refractivity contribution in [3.63, 3.8) is 0 Å². The quantitative estimate of drug-likeness (QED) is 0.896. The lowest BCUT2D eigenvalue weighted by Crippen LogP contribution is -2.32. The molecule has 1 heterocycles. The molecule has 0 bridgehead atoms. The largest absolute Gasteiger partial charge is 0.326 e. The first kappa shape index (κ1) is 14.0. The summed E-state index contributed by atoms with van der Waals surface area (Å²) < 4.78 is 27.3. The van der Waals surface area contributed by atoms with Gasteiger partial charge in [0.2, 0.25) is 10.0 Å². The zero-order chi connectivity index (χ0) is 13.5. The van der Waals surface area contributed by atoms with Crippen LogP contribution in [0.1, 0.15) is 12.5 Å². The minimum absolute atomic E-state index is 0.0729. The minimum atomic E-state index is -3.41. The Kier molecular flexibility index (Phi) is 3.82. The normalized spacial score (nSPS) is 25.6. The Bertz CT molecular complexity index is 549. The first-order valence-electron chi connectivity index (χ1n) is 5.84. The molecule has 1 saturated heterocycles. The molecule has 2 atom stereocenters. The SMILES string of the molecule is Cc1cc(S(=O)(=O)N2CC(C)C(N)C2)ccc1Br. The van der Waals surface area contributed by atoms with E-state index in [2.05, 4.69) is 15.9 Å². The highest BCUT2D eigenvalue weighted by molar-refractivity contribution is 9.10. The van der Waals surface area contributed by atoms with Gasteiger partial charge in [0.05, 0.1) is 4.90 Å². The van der Waals surface area contributed by atoms with Crippen LogP contribution in [0.15, 0.2) is 27.6 Å². The van der Waals surface area contributed by atoms with E-state index in [9.17, 15) is 8.42 Å². The lowest BCUT2D eigenvalue weighted by Gasteiger charge is -2.16. The summed E-state index contributed by atoms with van der Waals surface area (Å²) in [4.78, 5) is 0.338. The Morgan fingerprint density at radius 3 is 2.56 bits per heavy atom. The number of benzene rings is 1. The number of halogens is 1. The van der Waals surface area contributed by atoms with Gasteiger partial charge in [0.25, 0.3) is 0 Å². The van der Waals surface area contributed by atoms with Gasteiger partial charge in [-0.05, 0) is 36.6 Å². The molecular formula is C12H17BrN2O2S. The minimum Gasteiger partial charge on any atom is -0.326 e. The molecule has 0 saturated carbocycles. The van der Waals surface area contributed by atoms with Crippen molar-refractivity contribution in [1.82, 2.24) is 4.31 Å². The molecule has 18 heavy (non-hydrogen) atoms. The van der Waals surface area contributed by atoms with Gasteiger partial charge in [-0.2, -0.15) is 4.31 Å². The van der Waals surface area contributed by atoms with Crippen molar-refractivity contribution in [2.45, 2.75) is 24.8 Å². The van der Waals surface area contributed by atoms with Gasteiger partial charge in [0, 0.05) is 23.6 Å². The van der Waals surface area contributed by atoms with E-state index in [0.29, 0.717) is 18.0 Å². The monoisotopic (exact) mass is 332 g/mol. The second kappa shape index (κ2) is 4.92. The van der Waals surface area contributed by atoms with E-state index < -0.39 is 10.0 Å². The highest BCUT2D eigenvalue weighted by Crippen LogP contribution is 2.26. The summed E-state index contributed by atoms with van der Waals surface area (Å²) in [6.45, 7) is 4.76. The predicted octanol–water partition coefficient (Wildman–Crippen LogP) is 1.73. The van der Waals surface area contributed by atoms with Gasteiger partial charge in [-0.25, -0.2) is 8.42 Å². The number of nitrogens with two attached hydrogens (primary N) is 1. The third-order valence-electron chi connectivity index (χ3n) is 3.40. The van der Waals surface area contributed by atoms with Crippen molar-refractivity contribution >= 4 is 26.0 Å². The number of sulfonamides is 1. The van der Waals surface area contributed by atoms with E-state index in [0.717, 1.165) is 10.0 Å². The zero-order valence-corrected chi connectivity index (χ0v) is 12.8. The Morgan fingerprint density at radius 2 is 2.06 bits per heavy atom. The van der Waals surface area contributed by atoms with E-state index in [1.165, 1.54) is 4.31 Å². The van der Waals surface area contributed by atoms with Crippen LogP contribution in [-0.2, 0) is 10.0 Å². The number of aryl methyl sites for hydroxylation is 1. The maximum atomic E-state index is 12.4. The maximum Gasteiger partial charge on any atom is 0.243 e. The molecule has 100 valence electrons. The molecule has 0 aliphatic carbocycles. The fraction of sp³-hybridized carbons (Fsp3) is 0.500. The van der Waals surface area contributed by atoms with Crippen LogP contribution in [0, 0.1) is 12.8 Å². The molecular weight excluding hydrogens is 316 g/mol. The lowest BCUT2D eigenvalue weighted by atomic mass is 10.1. The highest BCUT2D eigenvalue weighted by Gasteiger charge is 2.35. The molecule has 0 aromatic heterocycles. The van der Waals surface area contributed by atoms with E-state index in [4.69, 9.17) is 5.73 Å². The predicted molar refractivity (Wildman–Crippen MR) is 74.8 cm³/mol. The van der Waals surface area contributed by atoms with Crippen LogP contribution in [0.25, 0.3) is 0 Å². The molecule has 1 aliphatic rings. The molecule has 2 unspecified atom stereocenters. The van der Waals surface area contributed by atoms with Crippen LogP contribution in [0.2, 0.25) is 0 Å². The summed E-state index contributed by atoms with van der Waals surface area (Å²) in [5.74, 6) is 0.205. The van der Waals surface area contributed by atoms with Gasteiger partial charge in [-0.3, -0.25) is 0 Å². The number of hydrogen-bond acceptors (Lipinski definition) is 3. The Labute approximate surface area is 116 Å². The summed E-state index contributed by atoms with van der Waals surface area (Å²) in [5.41, 5.74) is 6.79. The van der Waals surface area contributed by atoms with Gasteiger partial charge in [0.1, 0.15) is 0 Å². The zero-order valence-electron chi connectivity index (χ0n) is 10.4. The number of hydrogen-bond donors (Lipinski definition) is 1. The van der Waals surface area contributed by atoms with Gasteiger partial charge in [-0.1, -0.05) is 22.9 Å². The molecule has 0 spiro atoms. The Balaban J connectivity index is 2.34. The molecule has 6 heteroatoms. The molecule has 2 N–H and O–H groups in total. The maximum absolute atomic E-state index is 12.4. The molecule has 4 nitrogen and oxygen atoms in total. The van der Waals surface area contributed by atoms with Crippen molar-refractivity contribution in [3.8, 4) is 0 Å². The van der Waals surface area contributed by atoms with Crippen molar-refractivity contribution in [2.75, 3.05) is 13.1 Å². The van der Waals surface area contributed by atoms with Crippen LogP contribution in [0.4, 0.5) is 0 Å². The molecule has 1 aliphatic heterocycles. The van der Waals surface area contributed by atoms with Crippen molar-refractivity contribution in [2.24, 2.45) is 11.7 Å². The van der Waals surface area contributed by atoms with Crippen LogP contribution >= 0.6 is 15.9 Å². The standard InChI is InChI=1S/C12H17BrN2O2S/c1-8-5-10(3-4-11(8)13)18(16,17)15-6-9(2)12(14)7-15/h3-5,9,12H,6-7,14H2,1-2H3. The van der Waals surface area contributed by atoms with Crippen molar-refractivity contribution in [1.29, 1.82) is 0 Å².